The second kappa shape index (κ2) is 5.08. The topological polar surface area (TPSA) is 35.5 Å². The number of hydrogen-bond acceptors (Lipinski definition) is 3. The van der Waals surface area contributed by atoms with E-state index in [1.54, 1.807) is 7.11 Å². The van der Waals surface area contributed by atoms with E-state index >= 15 is 0 Å². The molecule has 1 amide bonds. The lowest BCUT2D eigenvalue weighted by atomic mass is 9.96. The molecule has 0 aromatic heterocycles. The molecule has 0 saturated heterocycles. The van der Waals surface area contributed by atoms with Crippen LogP contribution in [0.1, 0.15) is 25.8 Å². The zero-order valence-electron chi connectivity index (χ0n) is 11.2. The molecule has 0 bridgehead atoms. The number of hydrogen-bond donors (Lipinski definition) is 0. The molecule has 2 atom stereocenters. The number of amides is 1. The minimum absolute atomic E-state index is 0.0592. The second-order valence-electron chi connectivity index (χ2n) is 4.56. The maximum absolute atomic E-state index is 12.3. The van der Waals surface area contributed by atoms with Crippen LogP contribution in [0.15, 0.2) is 24.3 Å². The molecule has 18 heavy (non-hydrogen) atoms. The highest BCUT2D eigenvalue weighted by Crippen LogP contribution is 2.38. The Bertz CT molecular complexity index is 446. The molecule has 0 N–H and O–H groups in total. The fourth-order valence-electron chi connectivity index (χ4n) is 2.68. The molecular formula is C14H20NO3+. The molecule has 0 saturated carbocycles. The van der Waals surface area contributed by atoms with E-state index in [0.29, 0.717) is 6.61 Å². The molecule has 98 valence electrons. The largest absolute Gasteiger partial charge is 0.555 e. The van der Waals surface area contributed by atoms with Crippen molar-refractivity contribution in [2.45, 2.75) is 32.7 Å². The number of carbonyl (C=O) groups excluding carboxylic acids is 1. The van der Waals surface area contributed by atoms with Crippen LogP contribution in [0.5, 0.6) is 0 Å². The van der Waals surface area contributed by atoms with Gasteiger partial charge >= 0.3 is 6.09 Å². The number of nitrogens with zero attached hydrogens (tertiary/aromatic N) is 1. The van der Waals surface area contributed by atoms with Crippen molar-refractivity contribution in [3.63, 3.8) is 0 Å². The molecule has 1 aromatic carbocycles. The van der Waals surface area contributed by atoms with E-state index in [1.165, 1.54) is 0 Å². The zero-order chi connectivity index (χ0) is 13.2. The lowest BCUT2D eigenvalue weighted by Crippen LogP contribution is -2.61. The Morgan fingerprint density at radius 3 is 2.83 bits per heavy atom. The number of fused-ring (bicyclic) bond motifs is 1. The molecule has 2 unspecified atom stereocenters. The maximum atomic E-state index is 12.3. The zero-order valence-corrected chi connectivity index (χ0v) is 11.2. The SMILES string of the molecule is CCOC(=O)[N+]1(OC)c2ccccc2CCC1C. The smallest absolute Gasteiger partial charge is 0.418 e. The summed E-state index contributed by atoms with van der Waals surface area (Å²) in [5, 5.41) is 0. The fourth-order valence-corrected chi connectivity index (χ4v) is 2.68. The van der Waals surface area contributed by atoms with Gasteiger partial charge in [-0.15, -0.1) is 0 Å². The lowest BCUT2D eigenvalue weighted by molar-refractivity contribution is -0.128. The van der Waals surface area contributed by atoms with E-state index in [-0.39, 0.29) is 16.8 Å². The van der Waals surface area contributed by atoms with Crippen LogP contribution in [0, 0.1) is 0 Å². The number of carbonyl (C=O) groups is 1. The summed E-state index contributed by atoms with van der Waals surface area (Å²) in [4.78, 5) is 17.9. The molecular weight excluding hydrogens is 230 g/mol. The molecule has 0 spiro atoms. The number of hydroxylamine groups is 2. The second-order valence-corrected chi connectivity index (χ2v) is 4.56. The van der Waals surface area contributed by atoms with Crippen LogP contribution < -0.4 is 4.65 Å². The van der Waals surface area contributed by atoms with Crippen LogP contribution in [0.25, 0.3) is 0 Å². The number of benzene rings is 1. The lowest BCUT2D eigenvalue weighted by Gasteiger charge is -2.38. The van der Waals surface area contributed by atoms with Crippen LogP contribution in [0.2, 0.25) is 0 Å². The molecule has 0 fully saturated rings. The van der Waals surface area contributed by atoms with E-state index in [1.807, 2.05) is 38.1 Å². The Morgan fingerprint density at radius 2 is 2.17 bits per heavy atom. The first-order valence-electron chi connectivity index (χ1n) is 6.37. The minimum Gasteiger partial charge on any atom is -0.418 e. The summed E-state index contributed by atoms with van der Waals surface area (Å²) >= 11 is 0. The van der Waals surface area contributed by atoms with Crippen LogP contribution >= 0.6 is 0 Å². The third-order valence-electron chi connectivity index (χ3n) is 3.63. The Balaban J connectivity index is 2.54. The van der Waals surface area contributed by atoms with Crippen LogP contribution in [0.4, 0.5) is 10.5 Å². The summed E-state index contributed by atoms with van der Waals surface area (Å²) < 4.78 is 5.05. The molecule has 2 rings (SSSR count). The first kappa shape index (κ1) is 13.1. The summed E-state index contributed by atoms with van der Waals surface area (Å²) in [6.07, 6.45) is 1.55. The van der Waals surface area contributed by atoms with Crippen molar-refractivity contribution in [1.82, 2.24) is 4.65 Å². The van der Waals surface area contributed by atoms with Crippen molar-refractivity contribution in [3.8, 4) is 0 Å². The van der Waals surface area contributed by atoms with Crippen molar-refractivity contribution in [3.05, 3.63) is 29.8 Å². The van der Waals surface area contributed by atoms with Crippen LogP contribution in [-0.4, -0.2) is 25.9 Å². The Hall–Kier alpha value is -1.39. The highest BCUT2D eigenvalue weighted by molar-refractivity contribution is 5.82. The molecule has 4 nitrogen and oxygen atoms in total. The van der Waals surface area contributed by atoms with Gasteiger partial charge < -0.3 is 4.74 Å². The summed E-state index contributed by atoms with van der Waals surface area (Å²) in [5.41, 5.74) is 2.06. The van der Waals surface area contributed by atoms with E-state index in [0.717, 1.165) is 24.1 Å². The van der Waals surface area contributed by atoms with Gasteiger partial charge in [-0.1, -0.05) is 18.2 Å². The van der Waals surface area contributed by atoms with Gasteiger partial charge in [0.05, 0.1) is 13.7 Å². The van der Waals surface area contributed by atoms with E-state index in [9.17, 15) is 4.79 Å². The molecule has 0 aliphatic carbocycles. The van der Waals surface area contributed by atoms with Gasteiger partial charge in [0.1, 0.15) is 6.04 Å². The summed E-state index contributed by atoms with van der Waals surface area (Å²) in [5.74, 6) is 0. The predicted molar refractivity (Wildman–Crippen MR) is 70.1 cm³/mol. The first-order valence-corrected chi connectivity index (χ1v) is 6.37. The van der Waals surface area contributed by atoms with Gasteiger partial charge in [-0.25, -0.2) is 0 Å². The third-order valence-corrected chi connectivity index (χ3v) is 3.63. The first-order chi connectivity index (χ1) is 8.66. The fraction of sp³-hybridized carbons (Fsp3) is 0.500. The standard InChI is InChI=1S/C14H20NO3/c1-4-18-14(16)15(17-3)11(2)9-10-12-7-5-6-8-13(12)15/h5-8,11H,4,9-10H2,1-3H3/q+1. The van der Waals surface area contributed by atoms with Crippen molar-refractivity contribution in [2.24, 2.45) is 0 Å². The molecule has 1 aromatic rings. The molecule has 4 heteroatoms. The van der Waals surface area contributed by atoms with Gasteiger partial charge in [-0.05, 0) is 24.9 Å². The number of rotatable bonds is 2. The number of quaternary nitrogens is 1. The average Bonchev–Trinajstić information content (AvgIpc) is 2.39. The van der Waals surface area contributed by atoms with Gasteiger partial charge in [-0.2, -0.15) is 9.63 Å². The number of ether oxygens (including phenoxy) is 1. The summed E-state index contributed by atoms with van der Waals surface area (Å²) in [6.45, 7) is 4.19. The van der Waals surface area contributed by atoms with Gasteiger partial charge in [0.2, 0.25) is 0 Å². The van der Waals surface area contributed by atoms with Gasteiger partial charge in [-0.3, -0.25) is 0 Å². The van der Waals surface area contributed by atoms with E-state index in [2.05, 4.69) is 0 Å². The normalized spacial score (nSPS) is 26.5. The van der Waals surface area contributed by atoms with Crippen LogP contribution in [-0.2, 0) is 16.0 Å². The van der Waals surface area contributed by atoms with Crippen LogP contribution in [0.3, 0.4) is 0 Å². The Kier molecular flexibility index (Phi) is 3.68. The third kappa shape index (κ3) is 1.82. The van der Waals surface area contributed by atoms with Gasteiger partial charge in [0.15, 0.2) is 5.69 Å². The van der Waals surface area contributed by atoms with Gasteiger partial charge in [0.25, 0.3) is 0 Å². The van der Waals surface area contributed by atoms with E-state index in [4.69, 9.17) is 9.57 Å². The van der Waals surface area contributed by atoms with Crippen molar-refractivity contribution in [1.29, 1.82) is 0 Å². The maximum Gasteiger partial charge on any atom is 0.555 e. The summed E-state index contributed by atoms with van der Waals surface area (Å²) in [6, 6.07) is 7.98. The number of para-hydroxylation sites is 1. The quantitative estimate of drug-likeness (QED) is 0.757. The predicted octanol–water partition coefficient (Wildman–Crippen LogP) is 3.05. The molecule has 1 aliphatic heterocycles. The number of aryl methyl sites for hydroxylation is 1. The van der Waals surface area contributed by atoms with Crippen molar-refractivity contribution < 1.29 is 14.4 Å². The molecule has 1 heterocycles. The Morgan fingerprint density at radius 1 is 1.44 bits per heavy atom. The highest BCUT2D eigenvalue weighted by Gasteiger charge is 2.51. The minimum atomic E-state index is -0.334. The molecule has 1 aliphatic rings. The monoisotopic (exact) mass is 250 g/mol. The summed E-state index contributed by atoms with van der Waals surface area (Å²) in [7, 11) is 1.56. The highest BCUT2D eigenvalue weighted by atomic mass is 16.8. The van der Waals surface area contributed by atoms with Crippen molar-refractivity contribution >= 4 is 11.8 Å². The Labute approximate surface area is 108 Å². The van der Waals surface area contributed by atoms with E-state index < -0.39 is 0 Å². The molecule has 0 radical (unpaired) electrons. The average molecular weight is 250 g/mol. The van der Waals surface area contributed by atoms with Gasteiger partial charge in [0, 0.05) is 18.1 Å². The van der Waals surface area contributed by atoms with Crippen molar-refractivity contribution in [2.75, 3.05) is 13.7 Å².